The summed E-state index contributed by atoms with van der Waals surface area (Å²) < 4.78 is 0. The number of amides is 1. The van der Waals surface area contributed by atoms with Crippen molar-refractivity contribution in [1.29, 1.82) is 0 Å². The average molecular weight is 251 g/mol. The van der Waals surface area contributed by atoms with Gasteiger partial charge in [-0.25, -0.2) is 4.79 Å². The molecule has 1 aromatic rings. The molecule has 0 aromatic heterocycles. The van der Waals surface area contributed by atoms with Crippen LogP contribution in [0.15, 0.2) is 18.2 Å². The van der Waals surface area contributed by atoms with E-state index in [1.54, 1.807) is 0 Å². The highest BCUT2D eigenvalue weighted by Gasteiger charge is 2.17. The first-order valence-corrected chi connectivity index (χ1v) is 5.70. The van der Waals surface area contributed by atoms with Crippen molar-refractivity contribution < 1.29 is 19.8 Å². The van der Waals surface area contributed by atoms with Crippen LogP contribution in [-0.4, -0.2) is 22.1 Å². The molecule has 0 heterocycles. The number of carbonyl (C=O) groups excluding carboxylic acids is 1. The molecule has 18 heavy (non-hydrogen) atoms. The number of carbonyl (C=O) groups is 2. The van der Waals surface area contributed by atoms with Crippen LogP contribution >= 0.6 is 0 Å². The molecule has 98 valence electrons. The van der Waals surface area contributed by atoms with Gasteiger partial charge in [0.05, 0.1) is 0 Å². The van der Waals surface area contributed by atoms with Crippen LogP contribution in [0.1, 0.15) is 31.1 Å². The number of anilines is 1. The Kier molecular flexibility index (Phi) is 4.31. The molecule has 1 aromatic carbocycles. The largest absolute Gasteiger partial charge is 0.507 e. The quantitative estimate of drug-likeness (QED) is 0.766. The zero-order valence-corrected chi connectivity index (χ0v) is 10.6. The number of carboxylic acid groups (broad SMARTS) is 1. The molecule has 0 saturated heterocycles. The van der Waals surface area contributed by atoms with Crippen molar-refractivity contribution in [3.63, 3.8) is 0 Å². The summed E-state index contributed by atoms with van der Waals surface area (Å²) >= 11 is 0. The summed E-state index contributed by atoms with van der Waals surface area (Å²) in [6.07, 6.45) is 0. The Labute approximate surface area is 105 Å². The van der Waals surface area contributed by atoms with Crippen LogP contribution in [0.2, 0.25) is 0 Å². The van der Waals surface area contributed by atoms with Crippen LogP contribution in [0.4, 0.5) is 5.69 Å². The van der Waals surface area contributed by atoms with Crippen molar-refractivity contribution in [2.75, 3.05) is 5.32 Å². The lowest BCUT2D eigenvalue weighted by Crippen LogP contribution is -2.24. The van der Waals surface area contributed by atoms with Gasteiger partial charge in [0.15, 0.2) is 0 Å². The third-order valence-electron chi connectivity index (χ3n) is 2.91. The SMILES string of the molecule is CC(C)C(C)C(=O)Nc1ccc(C(=O)O)c(O)c1. The fraction of sp³-hybridized carbons (Fsp3) is 0.385. The number of hydrogen-bond donors (Lipinski definition) is 3. The van der Waals surface area contributed by atoms with E-state index in [4.69, 9.17) is 5.11 Å². The van der Waals surface area contributed by atoms with E-state index in [-0.39, 0.29) is 29.1 Å². The second kappa shape index (κ2) is 5.53. The standard InChI is InChI=1S/C13H17NO4/c1-7(2)8(3)12(16)14-9-4-5-10(13(17)18)11(15)6-9/h4-8,15H,1-3H3,(H,14,16)(H,17,18). The van der Waals surface area contributed by atoms with Crippen molar-refractivity contribution in [1.82, 2.24) is 0 Å². The summed E-state index contributed by atoms with van der Waals surface area (Å²) in [5.41, 5.74) is 0.194. The molecule has 5 heteroatoms. The van der Waals surface area contributed by atoms with Gasteiger partial charge in [-0.3, -0.25) is 4.79 Å². The van der Waals surface area contributed by atoms with Gasteiger partial charge in [-0.1, -0.05) is 20.8 Å². The Morgan fingerprint density at radius 2 is 1.83 bits per heavy atom. The number of nitrogens with one attached hydrogen (secondary N) is 1. The lowest BCUT2D eigenvalue weighted by atomic mass is 9.97. The second-order valence-electron chi connectivity index (χ2n) is 4.56. The van der Waals surface area contributed by atoms with Gasteiger partial charge in [0, 0.05) is 17.7 Å². The van der Waals surface area contributed by atoms with Crippen molar-refractivity contribution >= 4 is 17.6 Å². The van der Waals surface area contributed by atoms with E-state index in [9.17, 15) is 14.7 Å². The lowest BCUT2D eigenvalue weighted by molar-refractivity contribution is -0.120. The number of hydrogen-bond acceptors (Lipinski definition) is 3. The fourth-order valence-corrected chi connectivity index (χ4v) is 1.35. The van der Waals surface area contributed by atoms with Gasteiger partial charge in [0.1, 0.15) is 11.3 Å². The van der Waals surface area contributed by atoms with Crippen LogP contribution in [0.3, 0.4) is 0 Å². The molecule has 0 radical (unpaired) electrons. The van der Waals surface area contributed by atoms with E-state index in [2.05, 4.69) is 5.32 Å². The first kappa shape index (κ1) is 14.0. The van der Waals surface area contributed by atoms with Gasteiger partial charge >= 0.3 is 5.97 Å². The highest BCUT2D eigenvalue weighted by atomic mass is 16.4. The van der Waals surface area contributed by atoms with E-state index in [0.717, 1.165) is 0 Å². The van der Waals surface area contributed by atoms with E-state index < -0.39 is 5.97 Å². The Bertz CT molecular complexity index is 468. The molecule has 0 aliphatic carbocycles. The molecule has 0 spiro atoms. The molecule has 1 amide bonds. The number of aromatic carboxylic acids is 1. The molecule has 0 aliphatic rings. The minimum absolute atomic E-state index is 0.160. The van der Waals surface area contributed by atoms with Crippen molar-refractivity contribution in [3.05, 3.63) is 23.8 Å². The minimum Gasteiger partial charge on any atom is -0.507 e. The van der Waals surface area contributed by atoms with E-state index in [0.29, 0.717) is 5.69 Å². The van der Waals surface area contributed by atoms with Crippen molar-refractivity contribution in [2.24, 2.45) is 11.8 Å². The van der Waals surface area contributed by atoms with Gasteiger partial charge in [-0.05, 0) is 18.1 Å². The van der Waals surface area contributed by atoms with Gasteiger partial charge in [-0.2, -0.15) is 0 Å². The molecular weight excluding hydrogens is 234 g/mol. The lowest BCUT2D eigenvalue weighted by Gasteiger charge is -2.15. The maximum absolute atomic E-state index is 11.8. The third kappa shape index (κ3) is 3.23. The fourth-order valence-electron chi connectivity index (χ4n) is 1.35. The smallest absolute Gasteiger partial charge is 0.339 e. The van der Waals surface area contributed by atoms with Crippen LogP contribution in [0.25, 0.3) is 0 Å². The number of rotatable bonds is 4. The first-order chi connectivity index (χ1) is 8.32. The maximum atomic E-state index is 11.8. The number of benzene rings is 1. The van der Waals surface area contributed by atoms with Crippen LogP contribution in [0, 0.1) is 11.8 Å². The summed E-state index contributed by atoms with van der Waals surface area (Å²) in [6.45, 7) is 5.69. The minimum atomic E-state index is -1.21. The zero-order chi connectivity index (χ0) is 13.9. The van der Waals surface area contributed by atoms with Gasteiger partial charge in [0.25, 0.3) is 0 Å². The molecule has 0 saturated carbocycles. The van der Waals surface area contributed by atoms with E-state index in [1.807, 2.05) is 20.8 Å². The topological polar surface area (TPSA) is 86.6 Å². The number of phenols is 1. The molecule has 0 bridgehead atoms. The number of carboxylic acids is 1. The Balaban J connectivity index is 2.84. The number of aromatic hydroxyl groups is 1. The molecule has 0 aliphatic heterocycles. The first-order valence-electron chi connectivity index (χ1n) is 5.70. The summed E-state index contributed by atoms with van der Waals surface area (Å²) in [6, 6.07) is 3.94. The highest BCUT2D eigenvalue weighted by Crippen LogP contribution is 2.23. The molecule has 5 nitrogen and oxygen atoms in total. The summed E-state index contributed by atoms with van der Waals surface area (Å²) in [4.78, 5) is 22.5. The zero-order valence-electron chi connectivity index (χ0n) is 10.6. The average Bonchev–Trinajstić information content (AvgIpc) is 2.27. The van der Waals surface area contributed by atoms with E-state index in [1.165, 1.54) is 18.2 Å². The molecule has 3 N–H and O–H groups in total. The maximum Gasteiger partial charge on any atom is 0.339 e. The van der Waals surface area contributed by atoms with Crippen LogP contribution in [0.5, 0.6) is 5.75 Å². The van der Waals surface area contributed by atoms with Gasteiger partial charge < -0.3 is 15.5 Å². The van der Waals surface area contributed by atoms with Crippen LogP contribution in [-0.2, 0) is 4.79 Å². The van der Waals surface area contributed by atoms with Crippen molar-refractivity contribution in [3.8, 4) is 5.75 Å². The summed E-state index contributed by atoms with van der Waals surface area (Å²) in [5.74, 6) is -1.69. The Morgan fingerprint density at radius 3 is 2.28 bits per heavy atom. The van der Waals surface area contributed by atoms with Gasteiger partial charge in [0.2, 0.25) is 5.91 Å². The van der Waals surface area contributed by atoms with Gasteiger partial charge in [-0.15, -0.1) is 0 Å². The predicted octanol–water partition coefficient (Wildman–Crippen LogP) is 2.32. The summed E-state index contributed by atoms with van der Waals surface area (Å²) in [7, 11) is 0. The monoisotopic (exact) mass is 251 g/mol. The molecule has 1 unspecified atom stereocenters. The van der Waals surface area contributed by atoms with Crippen LogP contribution < -0.4 is 5.32 Å². The third-order valence-corrected chi connectivity index (χ3v) is 2.91. The molecule has 1 rings (SSSR count). The van der Waals surface area contributed by atoms with Crippen molar-refractivity contribution in [2.45, 2.75) is 20.8 Å². The second-order valence-corrected chi connectivity index (χ2v) is 4.56. The molecule has 0 fully saturated rings. The molecule has 1 atom stereocenters. The Hall–Kier alpha value is -2.04. The summed E-state index contributed by atoms with van der Waals surface area (Å²) in [5, 5.41) is 20.9. The normalized spacial score (nSPS) is 12.2. The molecular formula is C13H17NO4. The Morgan fingerprint density at radius 1 is 1.22 bits per heavy atom. The van der Waals surface area contributed by atoms with E-state index >= 15 is 0 Å². The predicted molar refractivity (Wildman–Crippen MR) is 67.7 cm³/mol. The highest BCUT2D eigenvalue weighted by molar-refractivity contribution is 5.95.